The molecule has 1 aliphatic rings. The van der Waals surface area contributed by atoms with Crippen LogP contribution < -0.4 is 10.1 Å². The Bertz CT molecular complexity index is 1520. The first-order chi connectivity index (χ1) is 18.2. The Morgan fingerprint density at radius 1 is 1.34 bits per heavy atom. The number of hydrogen-bond donors (Lipinski definition) is 2. The lowest BCUT2D eigenvalue weighted by atomic mass is 10.1. The van der Waals surface area contributed by atoms with Crippen molar-refractivity contribution < 1.29 is 28.2 Å². The number of ether oxygens (including phenoxy) is 1. The highest BCUT2D eigenvalue weighted by atomic mass is 35.5. The van der Waals surface area contributed by atoms with Crippen molar-refractivity contribution in [2.24, 2.45) is 0 Å². The lowest BCUT2D eigenvalue weighted by molar-refractivity contribution is -0.134. The average Bonchev–Trinajstić information content (AvgIpc) is 3.42. The molecule has 1 saturated carbocycles. The molecule has 2 N–H and O–H groups in total. The molecular formula is C24H22ClF2N7O4. The molecular weight excluding hydrogens is 524 g/mol. The van der Waals surface area contributed by atoms with Crippen LogP contribution in [0.4, 0.5) is 14.5 Å². The second-order valence-electron chi connectivity index (χ2n) is 8.84. The summed E-state index contributed by atoms with van der Waals surface area (Å²) in [5, 5.41) is 21.1. The standard InChI is InChI=1S/C24H22ClF2N7O4/c1-32(24(13-35)5-6-24)19(36)12-33-11-17(30-22(37)16-10-29-34-8-2-7-28-21(16)34)20(31-33)15-9-14(25)3-4-18(15)38-23(26)27/h2-4,7-11,23,35H,5-6,12-13H2,1H3,(H,30,37). The number of rotatable bonds is 9. The third-order valence-corrected chi connectivity index (χ3v) is 6.69. The lowest BCUT2D eigenvalue weighted by Crippen LogP contribution is -2.43. The summed E-state index contributed by atoms with van der Waals surface area (Å²) < 4.78 is 33.6. The van der Waals surface area contributed by atoms with E-state index in [0.29, 0.717) is 18.5 Å². The van der Waals surface area contributed by atoms with Gasteiger partial charge in [-0.1, -0.05) is 11.6 Å². The van der Waals surface area contributed by atoms with Crippen LogP contribution in [0.15, 0.2) is 49.1 Å². The molecule has 2 amide bonds. The van der Waals surface area contributed by atoms with E-state index >= 15 is 0 Å². The van der Waals surface area contributed by atoms with Crippen molar-refractivity contribution >= 4 is 34.7 Å². The maximum atomic E-state index is 13.2. The van der Waals surface area contributed by atoms with Gasteiger partial charge in [0.15, 0.2) is 5.65 Å². The van der Waals surface area contributed by atoms with Crippen LogP contribution in [-0.4, -0.2) is 72.0 Å². The first kappa shape index (κ1) is 25.5. The summed E-state index contributed by atoms with van der Waals surface area (Å²) in [5.74, 6) is -1.13. The molecule has 0 saturated heterocycles. The molecule has 4 aromatic rings. The lowest BCUT2D eigenvalue weighted by Gasteiger charge is -2.26. The third kappa shape index (κ3) is 4.89. The van der Waals surface area contributed by atoms with Gasteiger partial charge in [0.25, 0.3) is 5.91 Å². The fraction of sp³-hybridized carbons (Fsp3) is 0.292. The average molecular weight is 546 g/mol. The molecule has 38 heavy (non-hydrogen) atoms. The van der Waals surface area contributed by atoms with E-state index in [1.165, 1.54) is 50.9 Å². The van der Waals surface area contributed by atoms with Crippen LogP contribution >= 0.6 is 11.6 Å². The molecule has 1 aromatic carbocycles. The molecule has 1 aliphatic carbocycles. The Labute approximate surface area is 219 Å². The van der Waals surface area contributed by atoms with E-state index in [-0.39, 0.29) is 52.3 Å². The van der Waals surface area contributed by atoms with Crippen LogP contribution in [0.25, 0.3) is 16.9 Å². The number of benzene rings is 1. The van der Waals surface area contributed by atoms with Crippen LogP contribution in [0.3, 0.4) is 0 Å². The van der Waals surface area contributed by atoms with Crippen LogP contribution in [0.5, 0.6) is 5.75 Å². The number of aromatic nitrogens is 5. The zero-order valence-electron chi connectivity index (χ0n) is 20.0. The number of alkyl halides is 2. The smallest absolute Gasteiger partial charge is 0.387 e. The second kappa shape index (κ2) is 9.99. The quantitative estimate of drug-likeness (QED) is 0.331. The van der Waals surface area contributed by atoms with Gasteiger partial charge >= 0.3 is 6.61 Å². The van der Waals surface area contributed by atoms with E-state index in [4.69, 9.17) is 11.6 Å². The number of amides is 2. The molecule has 0 unspecified atom stereocenters. The molecule has 1 fully saturated rings. The minimum Gasteiger partial charge on any atom is -0.434 e. The molecule has 0 atom stereocenters. The second-order valence-corrected chi connectivity index (χ2v) is 9.28. The van der Waals surface area contributed by atoms with Crippen molar-refractivity contribution in [3.8, 4) is 17.0 Å². The van der Waals surface area contributed by atoms with Crippen LogP contribution in [0.1, 0.15) is 23.2 Å². The van der Waals surface area contributed by atoms with Crippen LogP contribution in [0.2, 0.25) is 5.02 Å². The topological polar surface area (TPSA) is 127 Å². The number of anilines is 1. The number of carbonyl (C=O) groups excluding carboxylic acids is 2. The van der Waals surface area contributed by atoms with Crippen LogP contribution in [0, 0.1) is 0 Å². The monoisotopic (exact) mass is 545 g/mol. The Hall–Kier alpha value is -4.10. The summed E-state index contributed by atoms with van der Waals surface area (Å²) in [6.45, 7) is -3.51. The van der Waals surface area contributed by atoms with E-state index in [1.807, 2.05) is 0 Å². The summed E-state index contributed by atoms with van der Waals surface area (Å²) in [6.07, 6.45) is 7.25. The first-order valence-electron chi connectivity index (χ1n) is 11.5. The summed E-state index contributed by atoms with van der Waals surface area (Å²) in [7, 11) is 1.60. The maximum Gasteiger partial charge on any atom is 0.387 e. The number of aliphatic hydroxyl groups excluding tert-OH is 1. The SMILES string of the molecule is CN(C(=O)Cn1cc(NC(=O)c2cnn3cccnc23)c(-c2cc(Cl)ccc2OC(F)F)n1)C1(CO)CC1. The van der Waals surface area contributed by atoms with Gasteiger partial charge in [-0.3, -0.25) is 14.3 Å². The molecule has 0 aliphatic heterocycles. The summed E-state index contributed by atoms with van der Waals surface area (Å²) in [6, 6.07) is 5.67. The zero-order valence-corrected chi connectivity index (χ0v) is 20.8. The summed E-state index contributed by atoms with van der Waals surface area (Å²) in [4.78, 5) is 31.8. The van der Waals surface area contributed by atoms with Gasteiger partial charge in [0.1, 0.15) is 23.6 Å². The Balaban J connectivity index is 1.52. The predicted molar refractivity (Wildman–Crippen MR) is 132 cm³/mol. The number of aliphatic hydroxyl groups is 1. The number of hydrogen-bond acceptors (Lipinski definition) is 7. The van der Waals surface area contributed by atoms with Gasteiger partial charge in [-0.15, -0.1) is 0 Å². The molecule has 0 bridgehead atoms. The van der Waals surface area contributed by atoms with E-state index < -0.39 is 18.1 Å². The molecule has 0 spiro atoms. The van der Waals surface area contributed by atoms with Gasteiger partial charge in [-0.2, -0.15) is 19.0 Å². The summed E-state index contributed by atoms with van der Waals surface area (Å²) in [5.41, 5.74) is 0.129. The largest absolute Gasteiger partial charge is 0.434 e. The fourth-order valence-electron chi connectivity index (χ4n) is 4.11. The van der Waals surface area contributed by atoms with Crippen molar-refractivity contribution in [3.63, 3.8) is 0 Å². The number of fused-ring (bicyclic) bond motifs is 1. The number of halogens is 3. The Morgan fingerprint density at radius 3 is 2.84 bits per heavy atom. The Morgan fingerprint density at radius 2 is 2.13 bits per heavy atom. The molecule has 14 heteroatoms. The molecule has 3 aromatic heterocycles. The van der Waals surface area contributed by atoms with E-state index in [1.54, 1.807) is 19.3 Å². The van der Waals surface area contributed by atoms with E-state index in [0.717, 1.165) is 0 Å². The third-order valence-electron chi connectivity index (χ3n) is 6.45. The van der Waals surface area contributed by atoms with Gasteiger partial charge in [0, 0.05) is 36.2 Å². The van der Waals surface area contributed by atoms with Gasteiger partial charge in [0.2, 0.25) is 5.91 Å². The van der Waals surface area contributed by atoms with Gasteiger partial charge < -0.3 is 20.1 Å². The minimum atomic E-state index is -3.12. The number of nitrogens with zero attached hydrogens (tertiary/aromatic N) is 6. The van der Waals surface area contributed by atoms with Crippen molar-refractivity contribution in [2.45, 2.75) is 31.5 Å². The Kier molecular flexibility index (Phi) is 6.71. The number of carbonyl (C=O) groups is 2. The highest BCUT2D eigenvalue weighted by molar-refractivity contribution is 6.31. The highest BCUT2D eigenvalue weighted by Crippen LogP contribution is 2.41. The molecule has 11 nitrogen and oxygen atoms in total. The van der Waals surface area contributed by atoms with Crippen molar-refractivity contribution in [3.05, 3.63) is 59.6 Å². The zero-order chi connectivity index (χ0) is 27.0. The van der Waals surface area contributed by atoms with Crippen LogP contribution in [-0.2, 0) is 11.3 Å². The van der Waals surface area contributed by atoms with Gasteiger partial charge in [-0.05, 0) is 37.1 Å². The molecule has 198 valence electrons. The maximum absolute atomic E-state index is 13.2. The molecule has 5 rings (SSSR count). The van der Waals surface area contributed by atoms with E-state index in [9.17, 15) is 23.5 Å². The van der Waals surface area contributed by atoms with E-state index in [2.05, 4.69) is 25.2 Å². The normalized spacial score (nSPS) is 14.1. The highest BCUT2D eigenvalue weighted by Gasteiger charge is 2.47. The predicted octanol–water partition coefficient (Wildman–Crippen LogP) is 3.08. The summed E-state index contributed by atoms with van der Waals surface area (Å²) >= 11 is 6.14. The fourth-order valence-corrected chi connectivity index (χ4v) is 4.28. The first-order valence-corrected chi connectivity index (χ1v) is 11.9. The molecule has 0 radical (unpaired) electrons. The molecule has 3 heterocycles. The van der Waals surface area contributed by atoms with Crippen molar-refractivity contribution in [1.29, 1.82) is 0 Å². The van der Waals surface area contributed by atoms with Gasteiger partial charge in [0.05, 0.1) is 24.0 Å². The number of nitrogens with one attached hydrogen (secondary N) is 1. The minimum absolute atomic E-state index is 0.0553. The van der Waals surface area contributed by atoms with Crippen molar-refractivity contribution in [2.75, 3.05) is 19.0 Å². The number of likely N-dealkylation sites (N-methyl/N-ethyl adjacent to an activating group) is 1. The van der Waals surface area contributed by atoms with Crippen molar-refractivity contribution in [1.82, 2.24) is 29.3 Å². The van der Waals surface area contributed by atoms with Gasteiger partial charge in [-0.25, -0.2) is 9.50 Å².